The number of rotatable bonds is 8. The van der Waals surface area contributed by atoms with Gasteiger partial charge in [-0.25, -0.2) is 0 Å². The predicted octanol–water partition coefficient (Wildman–Crippen LogP) is 2.26. The second-order valence-corrected chi connectivity index (χ2v) is 3.84. The van der Waals surface area contributed by atoms with E-state index in [-0.39, 0.29) is 0 Å². The van der Waals surface area contributed by atoms with Crippen LogP contribution in [0.4, 0.5) is 0 Å². The van der Waals surface area contributed by atoms with Crippen LogP contribution in [-0.2, 0) is 13.6 Å². The van der Waals surface area contributed by atoms with Crippen LogP contribution in [0, 0.1) is 0 Å². The lowest BCUT2D eigenvalue weighted by Crippen LogP contribution is -2.14. The van der Waals surface area contributed by atoms with Crippen LogP contribution in [0.25, 0.3) is 0 Å². The van der Waals surface area contributed by atoms with Gasteiger partial charge in [0.15, 0.2) is 0 Å². The Labute approximate surface area is 92.2 Å². The second-order valence-electron chi connectivity index (χ2n) is 3.84. The molecule has 0 aliphatic carbocycles. The zero-order chi connectivity index (χ0) is 10.9. The fourth-order valence-corrected chi connectivity index (χ4v) is 1.51. The number of hydrogen-bond donors (Lipinski definition) is 1. The number of unbranched alkanes of at least 4 members (excludes halogenated alkanes) is 3. The van der Waals surface area contributed by atoms with Crippen molar-refractivity contribution in [1.29, 1.82) is 0 Å². The summed E-state index contributed by atoms with van der Waals surface area (Å²) in [5.74, 6) is 0. The molecule has 0 fully saturated rings. The Morgan fingerprint density at radius 3 is 3.00 bits per heavy atom. The van der Waals surface area contributed by atoms with Gasteiger partial charge in [-0.15, -0.1) is 6.58 Å². The maximum absolute atomic E-state index is 4.12. The number of nitrogens with zero attached hydrogens (tertiary/aromatic N) is 2. The monoisotopic (exact) mass is 207 g/mol. The van der Waals surface area contributed by atoms with E-state index >= 15 is 0 Å². The standard InChI is InChI=1S/C12H21N3/c1-3-4-5-6-7-8-13-9-12-10-14-15(2)11-12/h3,10-11,13H,1,4-9H2,2H3. The summed E-state index contributed by atoms with van der Waals surface area (Å²) in [6, 6.07) is 0. The van der Waals surface area contributed by atoms with Gasteiger partial charge in [-0.2, -0.15) is 5.10 Å². The Hall–Kier alpha value is -1.09. The van der Waals surface area contributed by atoms with Gasteiger partial charge in [0.05, 0.1) is 6.20 Å². The molecule has 1 N–H and O–H groups in total. The Bertz CT molecular complexity index is 278. The Balaban J connectivity index is 1.95. The molecule has 0 amide bonds. The van der Waals surface area contributed by atoms with E-state index in [0.29, 0.717) is 0 Å². The highest BCUT2D eigenvalue weighted by molar-refractivity contribution is 5.02. The molecular formula is C12H21N3. The molecule has 84 valence electrons. The molecule has 0 radical (unpaired) electrons. The van der Waals surface area contributed by atoms with Gasteiger partial charge in [0, 0.05) is 25.4 Å². The minimum Gasteiger partial charge on any atom is -0.313 e. The molecule has 1 rings (SSSR count). The molecule has 1 heterocycles. The first-order valence-electron chi connectivity index (χ1n) is 5.62. The molecule has 1 aromatic heterocycles. The fraction of sp³-hybridized carbons (Fsp3) is 0.583. The van der Waals surface area contributed by atoms with Gasteiger partial charge in [0.1, 0.15) is 0 Å². The molecule has 0 saturated heterocycles. The van der Waals surface area contributed by atoms with Crippen molar-refractivity contribution in [3.05, 3.63) is 30.6 Å². The van der Waals surface area contributed by atoms with Gasteiger partial charge in [-0.1, -0.05) is 12.5 Å². The van der Waals surface area contributed by atoms with E-state index in [2.05, 4.69) is 17.0 Å². The van der Waals surface area contributed by atoms with Crippen LogP contribution in [0.2, 0.25) is 0 Å². The summed E-state index contributed by atoms with van der Waals surface area (Å²) >= 11 is 0. The highest BCUT2D eigenvalue weighted by Crippen LogP contribution is 1.99. The van der Waals surface area contributed by atoms with Crippen LogP contribution in [0.5, 0.6) is 0 Å². The lowest BCUT2D eigenvalue weighted by atomic mass is 10.2. The summed E-state index contributed by atoms with van der Waals surface area (Å²) < 4.78 is 1.83. The summed E-state index contributed by atoms with van der Waals surface area (Å²) in [7, 11) is 1.94. The summed E-state index contributed by atoms with van der Waals surface area (Å²) in [5.41, 5.74) is 1.25. The van der Waals surface area contributed by atoms with Gasteiger partial charge in [-0.05, 0) is 25.8 Å². The molecular weight excluding hydrogens is 186 g/mol. The number of aryl methyl sites for hydroxylation is 1. The zero-order valence-corrected chi connectivity index (χ0v) is 9.58. The lowest BCUT2D eigenvalue weighted by molar-refractivity contribution is 0.606. The largest absolute Gasteiger partial charge is 0.313 e. The van der Waals surface area contributed by atoms with Crippen LogP contribution in [0.1, 0.15) is 31.2 Å². The average Bonchev–Trinajstić information content (AvgIpc) is 2.63. The highest BCUT2D eigenvalue weighted by atomic mass is 15.2. The van der Waals surface area contributed by atoms with Crippen LogP contribution < -0.4 is 5.32 Å². The van der Waals surface area contributed by atoms with E-state index in [1.807, 2.05) is 30.2 Å². The fourth-order valence-electron chi connectivity index (χ4n) is 1.51. The van der Waals surface area contributed by atoms with Gasteiger partial charge >= 0.3 is 0 Å². The Morgan fingerprint density at radius 2 is 2.33 bits per heavy atom. The van der Waals surface area contributed by atoms with Gasteiger partial charge in [-0.3, -0.25) is 4.68 Å². The smallest absolute Gasteiger partial charge is 0.0534 e. The number of aromatic nitrogens is 2. The third-order valence-corrected chi connectivity index (χ3v) is 2.35. The van der Waals surface area contributed by atoms with E-state index in [9.17, 15) is 0 Å². The summed E-state index contributed by atoms with van der Waals surface area (Å²) in [4.78, 5) is 0. The molecule has 1 aromatic rings. The highest BCUT2D eigenvalue weighted by Gasteiger charge is 1.94. The molecule has 0 unspecified atom stereocenters. The molecule has 0 aliphatic rings. The van der Waals surface area contributed by atoms with E-state index in [0.717, 1.165) is 19.5 Å². The molecule has 0 spiro atoms. The molecule has 0 aliphatic heterocycles. The minimum absolute atomic E-state index is 0.926. The SMILES string of the molecule is C=CCCCCCNCc1cnn(C)c1. The van der Waals surface area contributed by atoms with Gasteiger partial charge in [0.25, 0.3) is 0 Å². The van der Waals surface area contributed by atoms with Crippen LogP contribution in [-0.4, -0.2) is 16.3 Å². The molecule has 15 heavy (non-hydrogen) atoms. The second kappa shape index (κ2) is 7.23. The molecule has 3 nitrogen and oxygen atoms in total. The zero-order valence-electron chi connectivity index (χ0n) is 9.58. The average molecular weight is 207 g/mol. The van der Waals surface area contributed by atoms with Crippen molar-refractivity contribution in [2.24, 2.45) is 7.05 Å². The van der Waals surface area contributed by atoms with Crippen molar-refractivity contribution in [3.63, 3.8) is 0 Å². The van der Waals surface area contributed by atoms with E-state index in [1.54, 1.807) is 0 Å². The molecule has 3 heteroatoms. The minimum atomic E-state index is 0.926. The quantitative estimate of drug-likeness (QED) is 0.523. The van der Waals surface area contributed by atoms with Crippen molar-refractivity contribution in [3.8, 4) is 0 Å². The number of hydrogen-bond acceptors (Lipinski definition) is 2. The Morgan fingerprint density at radius 1 is 1.47 bits per heavy atom. The summed E-state index contributed by atoms with van der Waals surface area (Å²) in [5, 5.41) is 7.53. The van der Waals surface area contributed by atoms with Crippen molar-refractivity contribution in [1.82, 2.24) is 15.1 Å². The third-order valence-electron chi connectivity index (χ3n) is 2.35. The third kappa shape index (κ3) is 5.37. The number of allylic oxidation sites excluding steroid dienone is 1. The maximum atomic E-state index is 4.12. The molecule has 0 saturated carbocycles. The topological polar surface area (TPSA) is 29.9 Å². The van der Waals surface area contributed by atoms with Gasteiger partial charge < -0.3 is 5.32 Å². The van der Waals surface area contributed by atoms with E-state index in [4.69, 9.17) is 0 Å². The van der Waals surface area contributed by atoms with Crippen LogP contribution in [0.3, 0.4) is 0 Å². The number of nitrogens with one attached hydrogen (secondary N) is 1. The van der Waals surface area contributed by atoms with Crippen LogP contribution in [0.15, 0.2) is 25.0 Å². The van der Waals surface area contributed by atoms with E-state index in [1.165, 1.54) is 24.8 Å². The van der Waals surface area contributed by atoms with Crippen molar-refractivity contribution >= 4 is 0 Å². The van der Waals surface area contributed by atoms with Crippen molar-refractivity contribution in [2.75, 3.05) is 6.54 Å². The van der Waals surface area contributed by atoms with Crippen molar-refractivity contribution < 1.29 is 0 Å². The lowest BCUT2D eigenvalue weighted by Gasteiger charge is -2.02. The first-order chi connectivity index (χ1) is 7.33. The molecule has 0 bridgehead atoms. The Kier molecular flexibility index (Phi) is 5.78. The van der Waals surface area contributed by atoms with Crippen LogP contribution >= 0.6 is 0 Å². The maximum Gasteiger partial charge on any atom is 0.0534 e. The predicted molar refractivity (Wildman–Crippen MR) is 63.6 cm³/mol. The van der Waals surface area contributed by atoms with Gasteiger partial charge in [0.2, 0.25) is 0 Å². The molecule has 0 aromatic carbocycles. The summed E-state index contributed by atoms with van der Waals surface area (Å²) in [6.45, 7) is 5.73. The van der Waals surface area contributed by atoms with Crippen molar-refractivity contribution in [2.45, 2.75) is 32.2 Å². The molecule has 0 atom stereocenters. The normalized spacial score (nSPS) is 10.5. The van der Waals surface area contributed by atoms with E-state index < -0.39 is 0 Å². The first kappa shape index (κ1) is 12.0. The summed E-state index contributed by atoms with van der Waals surface area (Å²) in [6.07, 6.45) is 10.9. The first-order valence-corrected chi connectivity index (χ1v) is 5.62.